The van der Waals surface area contributed by atoms with E-state index in [1.165, 1.54) is 23.5 Å². The number of hydrogen-bond donors (Lipinski definition) is 1. The number of rotatable bonds is 5. The van der Waals surface area contributed by atoms with Crippen molar-refractivity contribution in [3.8, 4) is 0 Å². The number of nitrogens with zero attached hydrogens (tertiary/aromatic N) is 1. The Labute approximate surface area is 152 Å². The number of carbonyl (C=O) groups is 1. The third kappa shape index (κ3) is 3.56. The molecule has 3 atom stereocenters. The van der Waals surface area contributed by atoms with Crippen molar-refractivity contribution in [1.82, 2.24) is 4.31 Å². The quantitative estimate of drug-likeness (QED) is 0.839. The minimum atomic E-state index is -3.95. The van der Waals surface area contributed by atoms with Crippen molar-refractivity contribution in [2.24, 2.45) is 5.92 Å². The number of sulfonamides is 1. The topological polar surface area (TPSA) is 83.9 Å². The summed E-state index contributed by atoms with van der Waals surface area (Å²) in [5.41, 5.74) is 0.639. The number of aliphatic carboxylic acids is 1. The van der Waals surface area contributed by atoms with E-state index >= 15 is 0 Å². The molecule has 138 valence electrons. The van der Waals surface area contributed by atoms with Crippen molar-refractivity contribution in [3.63, 3.8) is 0 Å². The summed E-state index contributed by atoms with van der Waals surface area (Å²) in [6.07, 6.45) is 3.91. The highest BCUT2D eigenvalue weighted by molar-refractivity contribution is 7.89. The lowest BCUT2D eigenvalue weighted by Gasteiger charge is -2.32. The number of methoxy groups -OCH3 is 1. The van der Waals surface area contributed by atoms with Gasteiger partial charge in [-0.2, -0.15) is 4.31 Å². The number of fused-ring (bicyclic) bond motifs is 1. The molecule has 1 saturated carbocycles. The Bertz CT molecular complexity index is 766. The zero-order valence-corrected chi connectivity index (χ0v) is 15.6. The first-order valence-corrected chi connectivity index (χ1v) is 10.2. The molecular weight excluding hydrogens is 366 g/mol. The van der Waals surface area contributed by atoms with Gasteiger partial charge >= 0.3 is 5.97 Å². The monoisotopic (exact) mass is 387 g/mol. The standard InChI is InChI=1S/C17H22ClNO5S/c1-24-10-11-6-13(18)9-14(7-11)25(22,23)19-15-5-3-2-4-12(15)8-16(19)17(20)21/h6-7,9,12,15-16H,2-5,8,10H2,1H3,(H,20,21). The van der Waals surface area contributed by atoms with Gasteiger partial charge in [-0.3, -0.25) is 4.79 Å². The van der Waals surface area contributed by atoms with E-state index in [0.717, 1.165) is 19.3 Å². The molecule has 2 aliphatic rings. The maximum atomic E-state index is 13.3. The van der Waals surface area contributed by atoms with E-state index in [4.69, 9.17) is 16.3 Å². The van der Waals surface area contributed by atoms with Crippen LogP contribution in [0.4, 0.5) is 0 Å². The van der Waals surface area contributed by atoms with Crippen LogP contribution in [0.1, 0.15) is 37.7 Å². The van der Waals surface area contributed by atoms with E-state index in [2.05, 4.69) is 0 Å². The highest BCUT2D eigenvalue weighted by Crippen LogP contribution is 2.43. The fourth-order valence-corrected chi connectivity index (χ4v) is 6.40. The van der Waals surface area contributed by atoms with Crippen LogP contribution >= 0.6 is 11.6 Å². The molecule has 0 radical (unpaired) electrons. The van der Waals surface area contributed by atoms with Gasteiger partial charge in [0.15, 0.2) is 0 Å². The second kappa shape index (κ2) is 7.23. The minimum absolute atomic E-state index is 0.0320. The summed E-state index contributed by atoms with van der Waals surface area (Å²) in [7, 11) is -2.44. The van der Waals surface area contributed by atoms with Gasteiger partial charge in [0.1, 0.15) is 6.04 Å². The number of benzene rings is 1. The van der Waals surface area contributed by atoms with Crippen LogP contribution < -0.4 is 0 Å². The number of ether oxygens (including phenoxy) is 1. The molecule has 6 nitrogen and oxygen atoms in total. The molecule has 0 aromatic heterocycles. The third-order valence-corrected chi connectivity index (χ3v) is 7.26. The van der Waals surface area contributed by atoms with Crippen molar-refractivity contribution in [3.05, 3.63) is 28.8 Å². The van der Waals surface area contributed by atoms with E-state index in [0.29, 0.717) is 23.4 Å². The van der Waals surface area contributed by atoms with Crippen LogP contribution in [0.15, 0.2) is 23.1 Å². The molecule has 1 aliphatic carbocycles. The number of halogens is 1. The van der Waals surface area contributed by atoms with E-state index in [9.17, 15) is 18.3 Å². The van der Waals surface area contributed by atoms with E-state index in [1.807, 2.05) is 0 Å². The summed E-state index contributed by atoms with van der Waals surface area (Å²) >= 11 is 6.08. The van der Waals surface area contributed by atoms with Crippen LogP contribution in [-0.4, -0.2) is 43.0 Å². The SMILES string of the molecule is COCc1cc(Cl)cc(S(=O)(=O)N2C(C(=O)O)CC3CCCCC32)c1. The summed E-state index contributed by atoms with van der Waals surface area (Å²) < 4.78 is 32.8. The molecule has 3 rings (SSSR count). The Morgan fingerprint density at radius 1 is 1.32 bits per heavy atom. The smallest absolute Gasteiger partial charge is 0.322 e. The molecule has 8 heteroatoms. The molecule has 1 N–H and O–H groups in total. The van der Waals surface area contributed by atoms with Crippen molar-refractivity contribution >= 4 is 27.6 Å². The van der Waals surface area contributed by atoms with Crippen molar-refractivity contribution in [2.75, 3.05) is 7.11 Å². The highest BCUT2D eigenvalue weighted by atomic mass is 35.5. The first kappa shape index (κ1) is 18.6. The highest BCUT2D eigenvalue weighted by Gasteiger charge is 2.51. The molecule has 1 saturated heterocycles. The Kier molecular flexibility index (Phi) is 5.39. The Hall–Kier alpha value is -1.15. The predicted octanol–water partition coefficient (Wildman–Crippen LogP) is 2.89. The molecule has 0 amide bonds. The summed E-state index contributed by atoms with van der Waals surface area (Å²) in [5, 5.41) is 9.87. The van der Waals surface area contributed by atoms with Crippen molar-refractivity contribution in [2.45, 2.75) is 55.7 Å². The fraction of sp³-hybridized carbons (Fsp3) is 0.588. The second-order valence-electron chi connectivity index (χ2n) is 6.76. The lowest BCUT2D eigenvalue weighted by Crippen LogP contribution is -2.46. The van der Waals surface area contributed by atoms with Crippen molar-refractivity contribution in [1.29, 1.82) is 0 Å². The maximum absolute atomic E-state index is 13.3. The zero-order valence-electron chi connectivity index (χ0n) is 14.0. The first-order valence-electron chi connectivity index (χ1n) is 8.39. The van der Waals surface area contributed by atoms with Gasteiger partial charge < -0.3 is 9.84 Å². The molecule has 0 spiro atoms. The number of carboxylic acid groups (broad SMARTS) is 1. The van der Waals surface area contributed by atoms with Gasteiger partial charge in [0.05, 0.1) is 11.5 Å². The van der Waals surface area contributed by atoms with Gasteiger partial charge in [0.25, 0.3) is 0 Å². The van der Waals surface area contributed by atoms with Gasteiger partial charge in [-0.05, 0) is 48.9 Å². The average molecular weight is 388 g/mol. The Morgan fingerprint density at radius 3 is 2.72 bits per heavy atom. The average Bonchev–Trinajstić information content (AvgIpc) is 2.95. The van der Waals surface area contributed by atoms with Crippen LogP contribution in [0, 0.1) is 5.92 Å². The van der Waals surface area contributed by atoms with Crippen LogP contribution in [0.2, 0.25) is 5.02 Å². The lowest BCUT2D eigenvalue weighted by atomic mass is 9.85. The van der Waals surface area contributed by atoms with E-state index in [-0.39, 0.29) is 23.5 Å². The fourth-order valence-electron chi connectivity index (χ4n) is 4.12. The number of carboxylic acids is 1. The molecule has 1 aromatic carbocycles. The molecule has 0 bridgehead atoms. The number of hydrogen-bond acceptors (Lipinski definition) is 4. The van der Waals surface area contributed by atoms with Gasteiger partial charge in [-0.1, -0.05) is 24.4 Å². The normalized spacial score (nSPS) is 27.2. The summed E-state index contributed by atoms with van der Waals surface area (Å²) in [6.45, 7) is 0.234. The third-order valence-electron chi connectivity index (χ3n) is 5.13. The molecule has 3 unspecified atom stereocenters. The maximum Gasteiger partial charge on any atom is 0.322 e. The van der Waals surface area contributed by atoms with Gasteiger partial charge in [-0.25, -0.2) is 8.42 Å². The summed E-state index contributed by atoms with van der Waals surface area (Å²) in [4.78, 5) is 11.7. The molecule has 1 aliphatic heterocycles. The molecule has 2 fully saturated rings. The van der Waals surface area contributed by atoms with Crippen molar-refractivity contribution < 1.29 is 23.1 Å². The van der Waals surface area contributed by atoms with Crippen LogP contribution in [0.3, 0.4) is 0 Å². The van der Waals surface area contributed by atoms with Gasteiger partial charge in [0.2, 0.25) is 10.0 Å². The largest absolute Gasteiger partial charge is 0.480 e. The molecular formula is C17H22ClNO5S. The molecule has 1 aromatic rings. The van der Waals surface area contributed by atoms with E-state index < -0.39 is 22.0 Å². The van der Waals surface area contributed by atoms with Crippen LogP contribution in [0.5, 0.6) is 0 Å². The Morgan fingerprint density at radius 2 is 2.04 bits per heavy atom. The summed E-state index contributed by atoms with van der Waals surface area (Å²) in [6, 6.07) is 3.28. The molecule has 1 heterocycles. The second-order valence-corrected chi connectivity index (χ2v) is 9.04. The summed E-state index contributed by atoms with van der Waals surface area (Å²) in [5.74, 6) is -0.973. The van der Waals surface area contributed by atoms with Crippen LogP contribution in [0.25, 0.3) is 0 Å². The molecule has 25 heavy (non-hydrogen) atoms. The zero-order chi connectivity index (χ0) is 18.2. The first-order chi connectivity index (χ1) is 11.8. The Balaban J connectivity index is 2.03. The van der Waals surface area contributed by atoms with Gasteiger partial charge in [0, 0.05) is 18.2 Å². The predicted molar refractivity (Wildman–Crippen MR) is 93.0 cm³/mol. The van der Waals surface area contributed by atoms with Crippen LogP contribution in [-0.2, 0) is 26.2 Å². The van der Waals surface area contributed by atoms with E-state index in [1.54, 1.807) is 6.07 Å². The minimum Gasteiger partial charge on any atom is -0.480 e. The van der Waals surface area contributed by atoms with Gasteiger partial charge in [-0.15, -0.1) is 0 Å². The lowest BCUT2D eigenvalue weighted by molar-refractivity contribution is -0.141.